The van der Waals surface area contributed by atoms with Gasteiger partial charge < -0.3 is 15.2 Å². The molecule has 0 radical (unpaired) electrons. The number of methoxy groups -OCH3 is 1. The molecule has 0 saturated heterocycles. The van der Waals surface area contributed by atoms with Crippen LogP contribution in [-0.4, -0.2) is 24.9 Å². The molecule has 1 heterocycles. The molecule has 0 atom stereocenters. The second kappa shape index (κ2) is 7.49. The summed E-state index contributed by atoms with van der Waals surface area (Å²) in [6.07, 6.45) is 2.63. The van der Waals surface area contributed by atoms with Gasteiger partial charge in [0.15, 0.2) is 11.5 Å². The monoisotopic (exact) mass is 306 g/mol. The van der Waals surface area contributed by atoms with Gasteiger partial charge in [-0.05, 0) is 30.2 Å². The van der Waals surface area contributed by atoms with E-state index in [2.05, 4.69) is 22.4 Å². The van der Waals surface area contributed by atoms with Crippen molar-refractivity contribution in [2.75, 3.05) is 24.9 Å². The normalized spacial score (nSPS) is 10.8. The van der Waals surface area contributed by atoms with Gasteiger partial charge in [-0.1, -0.05) is 6.92 Å². The van der Waals surface area contributed by atoms with Crippen molar-refractivity contribution in [2.24, 2.45) is 5.10 Å². The number of ether oxygens (including phenoxy) is 2. The number of nitrogen functional groups attached to an aromatic ring is 1. The summed E-state index contributed by atoms with van der Waals surface area (Å²) in [6.45, 7) is 2.70. The first-order valence-corrected chi connectivity index (χ1v) is 7.41. The van der Waals surface area contributed by atoms with Crippen LogP contribution >= 0.6 is 11.3 Å². The third-order valence-electron chi connectivity index (χ3n) is 2.55. The van der Waals surface area contributed by atoms with Gasteiger partial charge in [0, 0.05) is 5.38 Å². The van der Waals surface area contributed by atoms with E-state index < -0.39 is 0 Å². The Labute approximate surface area is 127 Å². The van der Waals surface area contributed by atoms with Gasteiger partial charge >= 0.3 is 0 Å². The van der Waals surface area contributed by atoms with Crippen molar-refractivity contribution < 1.29 is 9.47 Å². The topological polar surface area (TPSA) is 81.8 Å². The molecule has 112 valence electrons. The molecule has 0 unspecified atom stereocenters. The lowest BCUT2D eigenvalue weighted by Gasteiger charge is -2.10. The highest BCUT2D eigenvalue weighted by atomic mass is 32.1. The second-order valence-electron chi connectivity index (χ2n) is 4.21. The van der Waals surface area contributed by atoms with E-state index >= 15 is 0 Å². The number of hydrogen-bond acceptors (Lipinski definition) is 7. The van der Waals surface area contributed by atoms with Crippen molar-refractivity contribution in [3.8, 4) is 11.5 Å². The van der Waals surface area contributed by atoms with Crippen LogP contribution in [0, 0.1) is 0 Å². The maximum atomic E-state index is 5.65. The van der Waals surface area contributed by atoms with E-state index in [1.54, 1.807) is 18.7 Å². The van der Waals surface area contributed by atoms with Crippen molar-refractivity contribution >= 4 is 28.5 Å². The number of rotatable bonds is 7. The van der Waals surface area contributed by atoms with Crippen LogP contribution in [0.5, 0.6) is 11.5 Å². The molecule has 7 heteroatoms. The molecule has 0 fully saturated rings. The predicted molar refractivity (Wildman–Crippen MR) is 86.5 cm³/mol. The Kier molecular flexibility index (Phi) is 5.39. The number of nitrogens with two attached hydrogens (primary N) is 1. The number of hydrogen-bond donors (Lipinski definition) is 2. The number of nitrogens with zero attached hydrogens (tertiary/aromatic N) is 2. The molecule has 3 N–H and O–H groups in total. The summed E-state index contributed by atoms with van der Waals surface area (Å²) in [6, 6.07) is 5.64. The van der Waals surface area contributed by atoms with Crippen LogP contribution in [0.25, 0.3) is 0 Å². The lowest BCUT2D eigenvalue weighted by Crippen LogP contribution is -1.99. The van der Waals surface area contributed by atoms with Crippen LogP contribution in [0.1, 0.15) is 18.9 Å². The third-order valence-corrected chi connectivity index (χ3v) is 3.31. The number of hydrazone groups is 1. The van der Waals surface area contributed by atoms with Gasteiger partial charge in [-0.2, -0.15) is 5.10 Å². The minimum absolute atomic E-state index is 0.484. The third kappa shape index (κ3) is 4.35. The fraction of sp³-hybridized carbons (Fsp3) is 0.286. The number of thiazole rings is 1. The first-order valence-electron chi connectivity index (χ1n) is 6.54. The lowest BCUT2D eigenvalue weighted by atomic mass is 10.2. The Morgan fingerprint density at radius 2 is 2.29 bits per heavy atom. The summed E-state index contributed by atoms with van der Waals surface area (Å²) in [5, 5.41) is 6.53. The van der Waals surface area contributed by atoms with Gasteiger partial charge in [0.1, 0.15) is 5.82 Å². The molecular formula is C14H18N4O2S. The second-order valence-corrected chi connectivity index (χ2v) is 5.06. The summed E-state index contributed by atoms with van der Waals surface area (Å²) in [4.78, 5) is 4.05. The Balaban J connectivity index is 2.05. The maximum absolute atomic E-state index is 5.65. The van der Waals surface area contributed by atoms with Crippen molar-refractivity contribution in [1.82, 2.24) is 4.98 Å². The Hall–Kier alpha value is -2.28. The smallest absolute Gasteiger partial charge is 0.205 e. The average Bonchev–Trinajstić information content (AvgIpc) is 2.91. The molecule has 2 rings (SSSR count). The molecule has 0 amide bonds. The maximum Gasteiger partial charge on any atom is 0.205 e. The molecule has 1 aromatic heterocycles. The molecule has 1 aromatic carbocycles. The van der Waals surface area contributed by atoms with E-state index in [0.717, 1.165) is 12.0 Å². The van der Waals surface area contributed by atoms with Crippen LogP contribution in [0.15, 0.2) is 28.7 Å². The first kappa shape index (κ1) is 15.1. The van der Waals surface area contributed by atoms with E-state index in [0.29, 0.717) is 29.1 Å². The fourth-order valence-electron chi connectivity index (χ4n) is 1.60. The zero-order valence-corrected chi connectivity index (χ0v) is 12.8. The summed E-state index contributed by atoms with van der Waals surface area (Å²) >= 11 is 1.40. The summed E-state index contributed by atoms with van der Waals surface area (Å²) < 4.78 is 10.9. The quantitative estimate of drug-likeness (QED) is 0.607. The highest BCUT2D eigenvalue weighted by Crippen LogP contribution is 2.27. The van der Waals surface area contributed by atoms with Crippen molar-refractivity contribution in [3.05, 3.63) is 29.1 Å². The van der Waals surface area contributed by atoms with E-state index in [4.69, 9.17) is 15.2 Å². The molecule has 0 bridgehead atoms. The highest BCUT2D eigenvalue weighted by Gasteiger charge is 2.04. The number of nitrogens with one attached hydrogen (secondary N) is 1. The van der Waals surface area contributed by atoms with Crippen molar-refractivity contribution in [1.29, 1.82) is 0 Å². The standard InChI is InChI=1S/C14H18N4O2S/c1-3-6-20-12-7-10(4-5-11(12)19-2)8-16-18-14-17-13(15)9-21-14/h4-5,7-9H,3,6,15H2,1-2H3,(H,17,18). The summed E-state index contributed by atoms with van der Waals surface area (Å²) in [5.74, 6) is 1.90. The molecule has 0 saturated carbocycles. The lowest BCUT2D eigenvalue weighted by molar-refractivity contribution is 0.294. The highest BCUT2D eigenvalue weighted by molar-refractivity contribution is 7.14. The predicted octanol–water partition coefficient (Wildman–Crippen LogP) is 2.97. The Bertz CT molecular complexity index is 613. The minimum atomic E-state index is 0.484. The molecule has 21 heavy (non-hydrogen) atoms. The average molecular weight is 306 g/mol. The van der Waals surface area contributed by atoms with Gasteiger partial charge in [-0.25, -0.2) is 4.98 Å². The SMILES string of the molecule is CCCOc1cc(C=NNc2nc(N)cs2)ccc1OC. The zero-order valence-electron chi connectivity index (χ0n) is 12.0. The van der Waals surface area contributed by atoms with Gasteiger partial charge in [-0.3, -0.25) is 5.43 Å². The largest absolute Gasteiger partial charge is 0.493 e. The summed E-state index contributed by atoms with van der Waals surface area (Å²) in [5.41, 5.74) is 9.27. The molecule has 0 spiro atoms. The molecule has 0 aliphatic carbocycles. The van der Waals surface area contributed by atoms with Crippen LogP contribution in [0.4, 0.5) is 10.9 Å². The Morgan fingerprint density at radius 3 is 2.95 bits per heavy atom. The molecule has 6 nitrogen and oxygen atoms in total. The first-order chi connectivity index (χ1) is 10.2. The fourth-order valence-corrected chi connectivity index (χ4v) is 2.15. The summed E-state index contributed by atoms with van der Waals surface area (Å²) in [7, 11) is 1.62. The van der Waals surface area contributed by atoms with Crippen molar-refractivity contribution in [2.45, 2.75) is 13.3 Å². The van der Waals surface area contributed by atoms with Crippen molar-refractivity contribution in [3.63, 3.8) is 0 Å². The zero-order chi connectivity index (χ0) is 15.1. The van der Waals surface area contributed by atoms with Gasteiger partial charge in [0.25, 0.3) is 0 Å². The van der Waals surface area contributed by atoms with Crippen LogP contribution in [0.3, 0.4) is 0 Å². The minimum Gasteiger partial charge on any atom is -0.493 e. The van der Waals surface area contributed by atoms with Crippen LogP contribution in [0.2, 0.25) is 0 Å². The molecule has 2 aromatic rings. The molecule has 0 aliphatic heterocycles. The molecular weight excluding hydrogens is 288 g/mol. The number of anilines is 2. The van der Waals surface area contributed by atoms with E-state index in [1.165, 1.54) is 11.3 Å². The molecule has 0 aliphatic rings. The van der Waals surface area contributed by atoms with Gasteiger partial charge in [-0.15, -0.1) is 11.3 Å². The van der Waals surface area contributed by atoms with E-state index in [1.807, 2.05) is 18.2 Å². The number of aromatic nitrogens is 1. The van der Waals surface area contributed by atoms with Crippen LogP contribution < -0.4 is 20.6 Å². The Morgan fingerprint density at radius 1 is 1.43 bits per heavy atom. The number of benzene rings is 1. The van der Waals surface area contributed by atoms with E-state index in [-0.39, 0.29) is 0 Å². The van der Waals surface area contributed by atoms with Crippen LogP contribution in [-0.2, 0) is 0 Å². The van der Waals surface area contributed by atoms with Gasteiger partial charge in [0.05, 0.1) is 19.9 Å². The van der Waals surface area contributed by atoms with E-state index in [9.17, 15) is 0 Å². The van der Waals surface area contributed by atoms with Gasteiger partial charge in [0.2, 0.25) is 5.13 Å².